The first-order chi connectivity index (χ1) is 11.7. The van der Waals surface area contributed by atoms with Gasteiger partial charge in [-0.1, -0.05) is 36.4 Å². The molecule has 2 aromatic rings. The number of hydrogen-bond donors (Lipinski definition) is 1. The number of ether oxygens (including phenoxy) is 1. The Morgan fingerprint density at radius 3 is 2.40 bits per heavy atom. The van der Waals surface area contributed by atoms with Crippen molar-refractivity contribution in [2.24, 2.45) is 0 Å². The Hall–Kier alpha value is -2.29. The number of hydrogen-bond acceptors (Lipinski definition) is 2. The van der Waals surface area contributed by atoms with Crippen LogP contribution in [-0.4, -0.2) is 17.6 Å². The van der Waals surface area contributed by atoms with Gasteiger partial charge in [0.05, 0.1) is 0 Å². The SMILES string of the molecule is Cc1cc(C)c(C)c(O[C@H](C)C(=O)NC(C)(C)Cc2ccccc2)c1. The molecule has 0 aromatic heterocycles. The molecule has 2 aromatic carbocycles. The van der Waals surface area contributed by atoms with Crippen molar-refractivity contribution >= 4 is 5.91 Å². The summed E-state index contributed by atoms with van der Waals surface area (Å²) in [4.78, 5) is 12.6. The van der Waals surface area contributed by atoms with E-state index in [4.69, 9.17) is 4.74 Å². The van der Waals surface area contributed by atoms with Gasteiger partial charge in [0.15, 0.2) is 6.10 Å². The lowest BCUT2D eigenvalue weighted by Crippen LogP contribution is -2.49. The van der Waals surface area contributed by atoms with Crippen LogP contribution < -0.4 is 10.1 Å². The van der Waals surface area contributed by atoms with E-state index in [1.54, 1.807) is 6.92 Å². The summed E-state index contributed by atoms with van der Waals surface area (Å²) in [6.45, 7) is 12.0. The lowest BCUT2D eigenvalue weighted by Gasteiger charge is -2.28. The van der Waals surface area contributed by atoms with Crippen molar-refractivity contribution in [3.63, 3.8) is 0 Å². The molecule has 0 aliphatic carbocycles. The fourth-order valence-corrected chi connectivity index (χ4v) is 2.95. The summed E-state index contributed by atoms with van der Waals surface area (Å²) < 4.78 is 5.95. The Balaban J connectivity index is 2.02. The first-order valence-corrected chi connectivity index (χ1v) is 8.78. The standard InChI is InChI=1S/C22H29NO2/c1-15-12-16(2)17(3)20(13-15)25-18(4)21(24)23-22(5,6)14-19-10-8-7-9-11-19/h7-13,18H,14H2,1-6H3,(H,23,24)/t18-/m1/s1. The highest BCUT2D eigenvalue weighted by molar-refractivity contribution is 5.81. The highest BCUT2D eigenvalue weighted by Gasteiger charge is 2.25. The third-order valence-corrected chi connectivity index (χ3v) is 4.39. The molecule has 3 heteroatoms. The highest BCUT2D eigenvalue weighted by Crippen LogP contribution is 2.24. The summed E-state index contributed by atoms with van der Waals surface area (Å²) in [6, 6.07) is 14.3. The molecule has 0 spiro atoms. The number of aryl methyl sites for hydroxylation is 2. The molecule has 0 heterocycles. The molecule has 3 nitrogen and oxygen atoms in total. The van der Waals surface area contributed by atoms with Crippen LogP contribution in [-0.2, 0) is 11.2 Å². The van der Waals surface area contributed by atoms with Crippen molar-refractivity contribution < 1.29 is 9.53 Å². The second kappa shape index (κ2) is 7.73. The van der Waals surface area contributed by atoms with Crippen molar-refractivity contribution in [3.05, 3.63) is 64.7 Å². The minimum atomic E-state index is -0.546. The molecule has 0 aliphatic rings. The molecule has 1 amide bonds. The number of amides is 1. The molecule has 134 valence electrons. The van der Waals surface area contributed by atoms with E-state index in [2.05, 4.69) is 30.4 Å². The van der Waals surface area contributed by atoms with Gasteiger partial charge in [-0.3, -0.25) is 4.79 Å². The fraction of sp³-hybridized carbons (Fsp3) is 0.409. The molecule has 0 aliphatic heterocycles. The van der Waals surface area contributed by atoms with E-state index in [-0.39, 0.29) is 11.4 Å². The highest BCUT2D eigenvalue weighted by atomic mass is 16.5. The average Bonchev–Trinajstić information content (AvgIpc) is 2.52. The van der Waals surface area contributed by atoms with Gasteiger partial charge in [0.1, 0.15) is 5.75 Å². The summed E-state index contributed by atoms with van der Waals surface area (Å²) in [7, 11) is 0. The molecule has 0 unspecified atom stereocenters. The lowest BCUT2D eigenvalue weighted by molar-refractivity contribution is -0.128. The normalized spacial score (nSPS) is 12.6. The Labute approximate surface area is 151 Å². The van der Waals surface area contributed by atoms with Crippen LogP contribution in [0.5, 0.6) is 5.75 Å². The van der Waals surface area contributed by atoms with Crippen LogP contribution in [0.25, 0.3) is 0 Å². The second-order valence-electron chi connectivity index (χ2n) is 7.50. The molecule has 0 fully saturated rings. The zero-order chi connectivity index (χ0) is 18.6. The Morgan fingerprint density at radius 2 is 1.76 bits per heavy atom. The smallest absolute Gasteiger partial charge is 0.261 e. The summed E-state index contributed by atoms with van der Waals surface area (Å²) >= 11 is 0. The summed E-state index contributed by atoms with van der Waals surface area (Å²) in [5.74, 6) is 0.681. The maximum Gasteiger partial charge on any atom is 0.261 e. The third kappa shape index (κ3) is 5.35. The Kier molecular flexibility index (Phi) is 5.89. The second-order valence-corrected chi connectivity index (χ2v) is 7.50. The maximum atomic E-state index is 12.6. The topological polar surface area (TPSA) is 38.3 Å². The molecule has 0 bridgehead atoms. The first-order valence-electron chi connectivity index (χ1n) is 8.78. The zero-order valence-corrected chi connectivity index (χ0v) is 16.1. The summed E-state index contributed by atoms with van der Waals surface area (Å²) in [6.07, 6.45) is 0.226. The van der Waals surface area contributed by atoms with Crippen LogP contribution in [0.15, 0.2) is 42.5 Å². The van der Waals surface area contributed by atoms with Crippen LogP contribution in [0.3, 0.4) is 0 Å². The monoisotopic (exact) mass is 339 g/mol. The predicted octanol–water partition coefficient (Wildman–Crippen LogP) is 4.52. The van der Waals surface area contributed by atoms with Crippen LogP contribution in [0.1, 0.15) is 43.0 Å². The van der Waals surface area contributed by atoms with Crippen molar-refractivity contribution in [1.82, 2.24) is 5.32 Å². The van der Waals surface area contributed by atoms with Crippen LogP contribution >= 0.6 is 0 Å². The lowest BCUT2D eigenvalue weighted by atomic mass is 9.94. The Morgan fingerprint density at radius 1 is 1.12 bits per heavy atom. The molecule has 1 atom stereocenters. The van der Waals surface area contributed by atoms with Crippen molar-refractivity contribution in [1.29, 1.82) is 0 Å². The van der Waals surface area contributed by atoms with Crippen molar-refractivity contribution in [2.75, 3.05) is 0 Å². The van der Waals surface area contributed by atoms with E-state index in [0.717, 1.165) is 23.3 Å². The number of rotatable bonds is 6. The number of carbonyl (C=O) groups excluding carboxylic acids is 1. The van der Waals surface area contributed by atoms with Crippen LogP contribution in [0, 0.1) is 20.8 Å². The van der Waals surface area contributed by atoms with Gasteiger partial charge in [-0.25, -0.2) is 0 Å². The van der Waals surface area contributed by atoms with E-state index in [1.165, 1.54) is 11.1 Å². The predicted molar refractivity (Wildman–Crippen MR) is 103 cm³/mol. The molecular weight excluding hydrogens is 310 g/mol. The number of nitrogens with one attached hydrogen (secondary N) is 1. The molecule has 0 saturated heterocycles. The average molecular weight is 339 g/mol. The molecule has 1 N–H and O–H groups in total. The molecular formula is C22H29NO2. The number of carbonyl (C=O) groups is 1. The van der Waals surface area contributed by atoms with Gasteiger partial charge in [0.2, 0.25) is 0 Å². The summed E-state index contributed by atoms with van der Waals surface area (Å²) in [5, 5.41) is 3.11. The summed E-state index contributed by atoms with van der Waals surface area (Å²) in [5.41, 5.74) is 4.25. The zero-order valence-electron chi connectivity index (χ0n) is 16.1. The molecule has 0 saturated carbocycles. The maximum absolute atomic E-state index is 12.6. The van der Waals surface area contributed by atoms with Gasteiger partial charge in [-0.05, 0) is 76.3 Å². The van der Waals surface area contributed by atoms with Gasteiger partial charge in [-0.15, -0.1) is 0 Å². The van der Waals surface area contributed by atoms with Crippen LogP contribution in [0.2, 0.25) is 0 Å². The van der Waals surface area contributed by atoms with Crippen LogP contribution in [0.4, 0.5) is 0 Å². The molecule has 0 radical (unpaired) electrons. The molecule has 25 heavy (non-hydrogen) atoms. The molecule has 2 rings (SSSR count). The largest absolute Gasteiger partial charge is 0.481 e. The van der Waals surface area contributed by atoms with Gasteiger partial charge < -0.3 is 10.1 Å². The minimum Gasteiger partial charge on any atom is -0.481 e. The van der Waals surface area contributed by atoms with E-state index in [1.807, 2.05) is 52.0 Å². The van der Waals surface area contributed by atoms with E-state index in [0.29, 0.717) is 0 Å². The minimum absolute atomic E-state index is 0.0977. The van der Waals surface area contributed by atoms with E-state index in [9.17, 15) is 4.79 Å². The third-order valence-electron chi connectivity index (χ3n) is 4.39. The van der Waals surface area contributed by atoms with E-state index >= 15 is 0 Å². The fourth-order valence-electron chi connectivity index (χ4n) is 2.95. The first kappa shape index (κ1) is 19.0. The van der Waals surface area contributed by atoms with Gasteiger partial charge in [0.25, 0.3) is 5.91 Å². The van der Waals surface area contributed by atoms with E-state index < -0.39 is 6.10 Å². The number of benzene rings is 2. The van der Waals surface area contributed by atoms with Crippen molar-refractivity contribution in [3.8, 4) is 5.75 Å². The Bertz CT molecular complexity index is 735. The van der Waals surface area contributed by atoms with Gasteiger partial charge >= 0.3 is 0 Å². The quantitative estimate of drug-likeness (QED) is 0.840. The van der Waals surface area contributed by atoms with Crippen molar-refractivity contribution in [2.45, 2.75) is 59.6 Å². The van der Waals surface area contributed by atoms with Gasteiger partial charge in [0, 0.05) is 5.54 Å². The van der Waals surface area contributed by atoms with Gasteiger partial charge in [-0.2, -0.15) is 0 Å².